The number of fused-ring (bicyclic) bond motifs is 2. The van der Waals surface area contributed by atoms with E-state index in [9.17, 15) is 9.90 Å². The SMILES string of the molecule is C[C@@H](O)c1cc(Cl)c(OCCCc2ncc(C3=C(C(=O)N(Cc4cccc(Cl)c4Cl)C4CC4)[C@@H]4CCC[C@H](C3)N4)s2)c(Cl)c1. The minimum Gasteiger partial charge on any atom is -0.490 e. The number of thiazole rings is 1. The van der Waals surface area contributed by atoms with Crippen molar-refractivity contribution >= 4 is 69.2 Å². The Morgan fingerprint density at radius 2 is 1.91 bits per heavy atom. The van der Waals surface area contributed by atoms with Crippen LogP contribution in [0.25, 0.3) is 5.57 Å². The second kappa shape index (κ2) is 13.9. The van der Waals surface area contributed by atoms with E-state index in [1.165, 1.54) is 0 Å². The van der Waals surface area contributed by atoms with E-state index in [2.05, 4.69) is 5.32 Å². The van der Waals surface area contributed by atoms with Gasteiger partial charge in [0.2, 0.25) is 0 Å². The zero-order valence-corrected chi connectivity index (χ0v) is 28.3. The second-order valence-corrected chi connectivity index (χ2v) is 14.6. The van der Waals surface area contributed by atoms with E-state index in [0.29, 0.717) is 50.6 Å². The fourth-order valence-electron chi connectivity index (χ4n) is 6.17. The molecule has 0 unspecified atom stereocenters. The van der Waals surface area contributed by atoms with Crippen molar-refractivity contribution in [2.45, 2.75) is 89.1 Å². The number of rotatable bonds is 11. The fraction of sp³-hybridized carbons (Fsp3) is 0.455. The number of carbonyl (C=O) groups excluding carboxylic acids is 1. The maximum absolute atomic E-state index is 14.4. The van der Waals surface area contributed by atoms with Crippen LogP contribution < -0.4 is 10.1 Å². The van der Waals surface area contributed by atoms with Gasteiger partial charge in [0, 0.05) is 42.9 Å². The number of nitrogens with zero attached hydrogens (tertiary/aromatic N) is 2. The zero-order valence-electron chi connectivity index (χ0n) is 24.4. The van der Waals surface area contributed by atoms with Gasteiger partial charge in [-0.1, -0.05) is 58.5 Å². The monoisotopic (exact) mass is 693 g/mol. The van der Waals surface area contributed by atoms with E-state index in [0.717, 1.165) is 78.0 Å². The molecule has 2 aliphatic heterocycles. The molecule has 0 spiro atoms. The molecular formula is C33H35Cl4N3O3S. The van der Waals surface area contributed by atoms with Crippen LogP contribution in [0.2, 0.25) is 20.1 Å². The second-order valence-electron chi connectivity index (χ2n) is 11.9. The van der Waals surface area contributed by atoms with Crippen molar-refractivity contribution in [1.29, 1.82) is 0 Å². The summed E-state index contributed by atoms with van der Waals surface area (Å²) in [6, 6.07) is 9.59. The summed E-state index contributed by atoms with van der Waals surface area (Å²) < 4.78 is 5.91. The summed E-state index contributed by atoms with van der Waals surface area (Å²) in [5.74, 6) is 0.515. The quantitative estimate of drug-likeness (QED) is 0.197. The van der Waals surface area contributed by atoms with Gasteiger partial charge < -0.3 is 20.1 Å². The van der Waals surface area contributed by atoms with Crippen molar-refractivity contribution in [2.24, 2.45) is 0 Å². The summed E-state index contributed by atoms with van der Waals surface area (Å²) >= 11 is 27.3. The fourth-order valence-corrected chi connectivity index (χ4v) is 8.19. The van der Waals surface area contributed by atoms with Gasteiger partial charge in [-0.05, 0) is 86.8 Å². The number of piperidine rings is 1. The molecule has 0 radical (unpaired) electrons. The van der Waals surface area contributed by atoms with Gasteiger partial charge in [-0.3, -0.25) is 4.79 Å². The van der Waals surface area contributed by atoms with E-state index in [-0.39, 0.29) is 18.0 Å². The van der Waals surface area contributed by atoms with Crippen LogP contribution in [0.1, 0.15) is 79.0 Å². The molecule has 1 saturated heterocycles. The Kier molecular flexibility index (Phi) is 10.1. The zero-order chi connectivity index (χ0) is 31.0. The molecule has 3 aromatic rings. The minimum atomic E-state index is -0.665. The summed E-state index contributed by atoms with van der Waals surface area (Å²) in [6.45, 7) is 2.53. The standard InChI is InChI=1S/C33H35Cl4N3O3S/c1-18(41)20-13-25(35)32(26(36)14-20)43-12-4-9-29-38-16-28(44-29)23-15-21-6-3-8-27(39-21)30(23)33(42)40(22-10-11-22)17-19-5-2-7-24(34)31(19)37/h2,5,7,13-14,16,18,21-22,27,39,41H,3-4,6,8-12,15,17H2,1H3/t18-,21-,27+/m1/s1. The Bertz CT molecular complexity index is 1550. The maximum Gasteiger partial charge on any atom is 0.252 e. The number of amides is 1. The third-order valence-electron chi connectivity index (χ3n) is 8.59. The highest BCUT2D eigenvalue weighted by atomic mass is 35.5. The largest absolute Gasteiger partial charge is 0.490 e. The smallest absolute Gasteiger partial charge is 0.252 e. The van der Waals surface area contributed by atoms with Crippen LogP contribution in [0.15, 0.2) is 42.1 Å². The highest BCUT2D eigenvalue weighted by molar-refractivity contribution is 7.12. The Balaban J connectivity index is 1.19. The van der Waals surface area contributed by atoms with Gasteiger partial charge in [-0.2, -0.15) is 0 Å². The van der Waals surface area contributed by atoms with Crippen molar-refractivity contribution in [3.05, 3.63) is 83.2 Å². The molecule has 2 bridgehead atoms. The topological polar surface area (TPSA) is 74.7 Å². The molecule has 3 atom stereocenters. The van der Waals surface area contributed by atoms with Crippen LogP contribution in [0, 0.1) is 0 Å². The lowest BCUT2D eigenvalue weighted by molar-refractivity contribution is -0.128. The number of hydrogen-bond donors (Lipinski definition) is 2. The van der Waals surface area contributed by atoms with Crippen LogP contribution >= 0.6 is 57.7 Å². The molecule has 1 aliphatic carbocycles. The van der Waals surface area contributed by atoms with Crippen molar-refractivity contribution < 1.29 is 14.6 Å². The van der Waals surface area contributed by atoms with Gasteiger partial charge in [-0.25, -0.2) is 4.98 Å². The first-order valence-electron chi connectivity index (χ1n) is 15.2. The van der Waals surface area contributed by atoms with E-state index in [4.69, 9.17) is 56.1 Å². The number of halogens is 4. The molecule has 3 aliphatic rings. The van der Waals surface area contributed by atoms with Gasteiger partial charge in [0.25, 0.3) is 5.91 Å². The molecule has 3 heterocycles. The number of nitrogens with one attached hydrogen (secondary N) is 1. The summed E-state index contributed by atoms with van der Waals surface area (Å²) in [7, 11) is 0. The Morgan fingerprint density at radius 3 is 2.64 bits per heavy atom. The number of aliphatic hydroxyl groups is 1. The molecule has 44 heavy (non-hydrogen) atoms. The Labute approximate surface area is 282 Å². The van der Waals surface area contributed by atoms with Crippen LogP contribution in [-0.4, -0.2) is 45.6 Å². The number of hydrogen-bond acceptors (Lipinski definition) is 6. The highest BCUT2D eigenvalue weighted by Crippen LogP contribution is 2.41. The van der Waals surface area contributed by atoms with Gasteiger partial charge >= 0.3 is 0 Å². The van der Waals surface area contributed by atoms with Crippen molar-refractivity contribution in [1.82, 2.24) is 15.2 Å². The average molecular weight is 696 g/mol. The van der Waals surface area contributed by atoms with Crippen LogP contribution in [-0.2, 0) is 17.8 Å². The molecule has 1 aromatic heterocycles. The predicted molar refractivity (Wildman–Crippen MR) is 179 cm³/mol. The first-order valence-corrected chi connectivity index (χ1v) is 17.5. The van der Waals surface area contributed by atoms with Gasteiger partial charge in [-0.15, -0.1) is 11.3 Å². The molecule has 1 saturated carbocycles. The summed E-state index contributed by atoms with van der Waals surface area (Å²) in [5, 5.41) is 16.3. The number of aromatic nitrogens is 1. The molecule has 6 nitrogen and oxygen atoms in total. The number of ether oxygens (including phenoxy) is 1. The number of benzene rings is 2. The number of aryl methyl sites for hydroxylation is 1. The third-order valence-corrected chi connectivity index (χ3v) is 11.1. The van der Waals surface area contributed by atoms with Crippen LogP contribution in [0.3, 0.4) is 0 Å². The van der Waals surface area contributed by atoms with E-state index in [1.807, 2.05) is 23.2 Å². The van der Waals surface area contributed by atoms with E-state index < -0.39 is 6.10 Å². The Hall–Kier alpha value is -1.84. The Morgan fingerprint density at radius 1 is 1.14 bits per heavy atom. The van der Waals surface area contributed by atoms with Gasteiger partial charge in [0.05, 0.1) is 42.7 Å². The molecule has 2 fully saturated rings. The maximum atomic E-state index is 14.4. The van der Waals surface area contributed by atoms with Gasteiger partial charge in [0.1, 0.15) is 0 Å². The normalized spacial score (nSPS) is 20.5. The van der Waals surface area contributed by atoms with Crippen molar-refractivity contribution in [3.8, 4) is 5.75 Å². The number of carbonyl (C=O) groups is 1. The lowest BCUT2D eigenvalue weighted by Crippen LogP contribution is -2.51. The van der Waals surface area contributed by atoms with Crippen LogP contribution in [0.5, 0.6) is 5.75 Å². The average Bonchev–Trinajstić information content (AvgIpc) is 3.73. The minimum absolute atomic E-state index is 0.0368. The summed E-state index contributed by atoms with van der Waals surface area (Å²) in [6.07, 6.45) is 8.71. The molecular weight excluding hydrogens is 660 g/mol. The third kappa shape index (κ3) is 7.10. The van der Waals surface area contributed by atoms with Gasteiger partial charge in [0.15, 0.2) is 5.75 Å². The lowest BCUT2D eigenvalue weighted by Gasteiger charge is -2.40. The molecule has 2 aromatic carbocycles. The predicted octanol–water partition coefficient (Wildman–Crippen LogP) is 8.68. The summed E-state index contributed by atoms with van der Waals surface area (Å²) in [4.78, 5) is 22.2. The molecule has 234 valence electrons. The van der Waals surface area contributed by atoms with Crippen molar-refractivity contribution in [3.63, 3.8) is 0 Å². The van der Waals surface area contributed by atoms with E-state index in [1.54, 1.807) is 36.5 Å². The lowest BCUT2D eigenvalue weighted by atomic mass is 9.81. The first kappa shape index (κ1) is 32.1. The van der Waals surface area contributed by atoms with E-state index >= 15 is 0 Å². The summed E-state index contributed by atoms with van der Waals surface area (Å²) in [5.41, 5.74) is 3.53. The number of aliphatic hydroxyl groups excluding tert-OH is 1. The first-order chi connectivity index (χ1) is 21.2. The molecule has 2 N–H and O–H groups in total. The van der Waals surface area contributed by atoms with Crippen molar-refractivity contribution in [2.75, 3.05) is 6.61 Å². The van der Waals surface area contributed by atoms with Crippen LogP contribution in [0.4, 0.5) is 0 Å². The highest BCUT2D eigenvalue weighted by Gasteiger charge is 2.41. The molecule has 11 heteroatoms. The molecule has 1 amide bonds. The molecule has 6 rings (SSSR count).